The lowest BCUT2D eigenvalue weighted by Crippen LogP contribution is -2.19. The maximum Gasteiger partial charge on any atom is 0.124 e. The Balaban J connectivity index is 2.49. The molecule has 0 heterocycles. The monoisotopic (exact) mass is 293 g/mol. The van der Waals surface area contributed by atoms with Crippen LogP contribution in [0.2, 0.25) is 5.02 Å². The molecule has 2 nitrogen and oxygen atoms in total. The van der Waals surface area contributed by atoms with Gasteiger partial charge in [-0.25, -0.2) is 4.39 Å². The maximum atomic E-state index is 13.5. The quantitative estimate of drug-likeness (QED) is 0.892. The second-order valence-corrected chi connectivity index (χ2v) is 4.77. The van der Waals surface area contributed by atoms with Crippen LogP contribution in [0.15, 0.2) is 42.5 Å². The average Bonchev–Trinajstić information content (AvgIpc) is 2.45. The van der Waals surface area contributed by atoms with E-state index in [1.165, 1.54) is 12.1 Å². The van der Waals surface area contributed by atoms with Crippen LogP contribution >= 0.6 is 11.6 Å². The van der Waals surface area contributed by atoms with E-state index < -0.39 is 0 Å². The highest BCUT2D eigenvalue weighted by atomic mass is 35.5. The van der Waals surface area contributed by atoms with E-state index in [4.69, 9.17) is 16.3 Å². The van der Waals surface area contributed by atoms with Gasteiger partial charge in [-0.3, -0.25) is 0 Å². The summed E-state index contributed by atoms with van der Waals surface area (Å²) >= 11 is 6.20. The first kappa shape index (κ1) is 14.8. The van der Waals surface area contributed by atoms with Crippen molar-refractivity contribution in [1.29, 1.82) is 0 Å². The van der Waals surface area contributed by atoms with Gasteiger partial charge in [-0.2, -0.15) is 0 Å². The molecule has 2 aromatic carbocycles. The third-order valence-electron chi connectivity index (χ3n) is 3.09. The second kappa shape index (κ2) is 6.73. The number of halogens is 2. The third-order valence-corrected chi connectivity index (χ3v) is 3.43. The van der Waals surface area contributed by atoms with Crippen molar-refractivity contribution in [3.8, 4) is 5.75 Å². The van der Waals surface area contributed by atoms with Crippen LogP contribution in [-0.2, 0) is 0 Å². The summed E-state index contributed by atoms with van der Waals surface area (Å²) in [4.78, 5) is 0. The predicted molar refractivity (Wildman–Crippen MR) is 79.9 cm³/mol. The number of benzene rings is 2. The molecule has 0 aromatic heterocycles. The lowest BCUT2D eigenvalue weighted by molar-refractivity contribution is 0.334. The molecule has 0 spiro atoms. The fourth-order valence-electron chi connectivity index (χ4n) is 2.22. The Labute approximate surface area is 123 Å². The molecule has 0 aliphatic heterocycles. The first-order chi connectivity index (χ1) is 9.67. The number of nitrogens with one attached hydrogen (secondary N) is 1. The van der Waals surface area contributed by atoms with E-state index >= 15 is 0 Å². The van der Waals surface area contributed by atoms with Crippen molar-refractivity contribution in [3.05, 3.63) is 64.4 Å². The summed E-state index contributed by atoms with van der Waals surface area (Å²) in [5, 5.41) is 3.70. The number of rotatable bonds is 5. The fourth-order valence-corrected chi connectivity index (χ4v) is 2.45. The Morgan fingerprint density at radius 1 is 1.20 bits per heavy atom. The van der Waals surface area contributed by atoms with Gasteiger partial charge in [0.25, 0.3) is 0 Å². The summed E-state index contributed by atoms with van der Waals surface area (Å²) in [7, 11) is 1.81. The minimum atomic E-state index is -0.307. The van der Waals surface area contributed by atoms with Crippen LogP contribution in [0.3, 0.4) is 0 Å². The van der Waals surface area contributed by atoms with Crippen molar-refractivity contribution in [2.75, 3.05) is 13.7 Å². The summed E-state index contributed by atoms with van der Waals surface area (Å²) in [6.07, 6.45) is 0. The summed E-state index contributed by atoms with van der Waals surface area (Å²) in [6.45, 7) is 2.50. The van der Waals surface area contributed by atoms with Gasteiger partial charge in [-0.05, 0) is 43.8 Å². The fraction of sp³-hybridized carbons (Fsp3) is 0.250. The predicted octanol–water partition coefficient (Wildman–Crippen LogP) is 4.19. The molecule has 1 atom stereocenters. The topological polar surface area (TPSA) is 21.3 Å². The van der Waals surface area contributed by atoms with Gasteiger partial charge >= 0.3 is 0 Å². The number of ether oxygens (including phenoxy) is 1. The van der Waals surface area contributed by atoms with Gasteiger partial charge in [0.1, 0.15) is 11.6 Å². The van der Waals surface area contributed by atoms with Crippen molar-refractivity contribution in [2.45, 2.75) is 13.0 Å². The Hall–Kier alpha value is -1.58. The van der Waals surface area contributed by atoms with Gasteiger partial charge < -0.3 is 10.1 Å². The van der Waals surface area contributed by atoms with Crippen LogP contribution in [0.5, 0.6) is 5.75 Å². The molecular formula is C16H17ClFNO. The smallest absolute Gasteiger partial charge is 0.124 e. The zero-order valence-corrected chi connectivity index (χ0v) is 12.2. The van der Waals surface area contributed by atoms with Crippen molar-refractivity contribution in [1.82, 2.24) is 5.32 Å². The molecule has 0 amide bonds. The molecule has 20 heavy (non-hydrogen) atoms. The van der Waals surface area contributed by atoms with Gasteiger partial charge in [0, 0.05) is 10.6 Å². The van der Waals surface area contributed by atoms with Gasteiger partial charge in [-0.1, -0.05) is 29.8 Å². The SMILES string of the molecule is CCOc1ccccc1C(NC)c1cc(F)ccc1Cl. The second-order valence-electron chi connectivity index (χ2n) is 4.36. The van der Waals surface area contributed by atoms with Gasteiger partial charge in [0.2, 0.25) is 0 Å². The molecular weight excluding hydrogens is 277 g/mol. The number of para-hydroxylation sites is 1. The highest BCUT2D eigenvalue weighted by Gasteiger charge is 2.19. The Morgan fingerprint density at radius 3 is 2.65 bits per heavy atom. The van der Waals surface area contributed by atoms with E-state index in [-0.39, 0.29) is 11.9 Å². The molecule has 1 unspecified atom stereocenters. The van der Waals surface area contributed by atoms with Crippen molar-refractivity contribution < 1.29 is 9.13 Å². The average molecular weight is 294 g/mol. The van der Waals surface area contributed by atoms with Gasteiger partial charge in [-0.15, -0.1) is 0 Å². The van der Waals surface area contributed by atoms with Gasteiger partial charge in [0.15, 0.2) is 0 Å². The normalized spacial score (nSPS) is 12.2. The van der Waals surface area contributed by atoms with E-state index in [1.807, 2.05) is 38.2 Å². The van der Waals surface area contributed by atoms with Gasteiger partial charge in [0.05, 0.1) is 12.6 Å². The van der Waals surface area contributed by atoms with E-state index in [0.717, 1.165) is 11.3 Å². The molecule has 106 valence electrons. The van der Waals surface area contributed by atoms with Crippen LogP contribution < -0.4 is 10.1 Å². The molecule has 0 saturated heterocycles. The van der Waals surface area contributed by atoms with E-state index in [2.05, 4.69) is 5.32 Å². The molecule has 0 saturated carbocycles. The minimum absolute atomic E-state index is 0.221. The first-order valence-electron chi connectivity index (χ1n) is 6.51. The number of hydrogen-bond acceptors (Lipinski definition) is 2. The highest BCUT2D eigenvalue weighted by molar-refractivity contribution is 6.31. The van der Waals surface area contributed by atoms with Crippen LogP contribution in [0, 0.1) is 5.82 Å². The molecule has 0 bridgehead atoms. The van der Waals surface area contributed by atoms with Crippen LogP contribution in [0.4, 0.5) is 4.39 Å². The summed E-state index contributed by atoms with van der Waals surface area (Å²) in [5.41, 5.74) is 1.63. The molecule has 2 rings (SSSR count). The van der Waals surface area contributed by atoms with Crippen molar-refractivity contribution >= 4 is 11.6 Å². The van der Waals surface area contributed by atoms with Crippen molar-refractivity contribution in [2.24, 2.45) is 0 Å². The molecule has 0 fully saturated rings. The lowest BCUT2D eigenvalue weighted by atomic mass is 9.97. The van der Waals surface area contributed by atoms with E-state index in [9.17, 15) is 4.39 Å². The molecule has 0 aliphatic carbocycles. The molecule has 2 aromatic rings. The summed E-state index contributed by atoms with van der Waals surface area (Å²) in [5.74, 6) is 0.466. The Kier molecular flexibility index (Phi) is 4.99. The van der Waals surface area contributed by atoms with E-state index in [1.54, 1.807) is 6.07 Å². The number of hydrogen-bond donors (Lipinski definition) is 1. The first-order valence-corrected chi connectivity index (χ1v) is 6.89. The highest BCUT2D eigenvalue weighted by Crippen LogP contribution is 2.33. The van der Waals surface area contributed by atoms with Crippen LogP contribution in [-0.4, -0.2) is 13.7 Å². The zero-order chi connectivity index (χ0) is 14.5. The Morgan fingerprint density at radius 2 is 1.95 bits per heavy atom. The largest absolute Gasteiger partial charge is 0.494 e. The molecule has 0 radical (unpaired) electrons. The van der Waals surface area contributed by atoms with Crippen LogP contribution in [0.25, 0.3) is 0 Å². The van der Waals surface area contributed by atoms with E-state index in [0.29, 0.717) is 17.2 Å². The molecule has 1 N–H and O–H groups in total. The minimum Gasteiger partial charge on any atom is -0.494 e. The Bertz CT molecular complexity index is 588. The molecule has 4 heteroatoms. The third kappa shape index (κ3) is 3.11. The lowest BCUT2D eigenvalue weighted by Gasteiger charge is -2.21. The molecule has 0 aliphatic rings. The summed E-state index contributed by atoms with van der Waals surface area (Å²) < 4.78 is 19.1. The van der Waals surface area contributed by atoms with Crippen molar-refractivity contribution in [3.63, 3.8) is 0 Å². The summed E-state index contributed by atoms with van der Waals surface area (Å²) in [6, 6.07) is 11.8. The standard InChI is InChI=1S/C16H17ClFNO/c1-3-20-15-7-5-4-6-12(15)16(19-2)13-10-11(18)8-9-14(13)17/h4-10,16,19H,3H2,1-2H3. The maximum absolute atomic E-state index is 13.5. The zero-order valence-electron chi connectivity index (χ0n) is 11.5. The van der Waals surface area contributed by atoms with Crippen LogP contribution in [0.1, 0.15) is 24.1 Å².